The summed E-state index contributed by atoms with van der Waals surface area (Å²) >= 11 is 0. The third-order valence-corrected chi connectivity index (χ3v) is 21.1. The van der Waals surface area contributed by atoms with Gasteiger partial charge in [0.15, 0.2) is 0 Å². The van der Waals surface area contributed by atoms with Gasteiger partial charge < -0.3 is 20.3 Å². The second-order valence-electron chi connectivity index (χ2n) is 30.6. The highest BCUT2D eigenvalue weighted by molar-refractivity contribution is 5.76. The van der Waals surface area contributed by atoms with Crippen molar-refractivity contribution in [3.8, 4) is 0 Å². The molecule has 0 spiro atoms. The van der Waals surface area contributed by atoms with Crippen LogP contribution in [0.15, 0.2) is 12.2 Å². The van der Waals surface area contributed by atoms with Crippen LogP contribution >= 0.6 is 0 Å². The molecule has 0 aliphatic carbocycles. The minimum Gasteiger partial charge on any atom is -0.466 e. The molecule has 0 saturated heterocycles. The zero-order valence-corrected chi connectivity index (χ0v) is 64.5. The summed E-state index contributed by atoms with van der Waals surface area (Å²) in [6.45, 7) is 5.02. The number of aliphatic hydroxyl groups is 2. The number of hydrogen-bond acceptors (Lipinski definition) is 5. The fraction of sp³-hybridized carbons (Fsp3) is 0.955. The molecule has 2 atom stereocenters. The zero-order chi connectivity index (χ0) is 67.7. The number of unbranched alkanes of at least 4 members (excludes halogenated alkanes) is 71. The van der Waals surface area contributed by atoms with E-state index in [1.165, 1.54) is 443 Å². The topological polar surface area (TPSA) is 95.9 Å². The molecular formula is C88H173NO5. The molecule has 0 aromatic carbocycles. The van der Waals surface area contributed by atoms with Gasteiger partial charge in [0, 0.05) is 12.8 Å². The fourth-order valence-electron chi connectivity index (χ4n) is 14.4. The largest absolute Gasteiger partial charge is 0.466 e. The predicted octanol–water partition coefficient (Wildman–Crippen LogP) is 29.4. The summed E-state index contributed by atoms with van der Waals surface area (Å²) in [5, 5.41) is 23.5. The normalized spacial score (nSPS) is 12.4. The standard InChI is InChI=1S/C88H173NO5/c1-3-5-7-9-11-13-15-17-19-21-23-41-45-48-52-56-60-64-68-72-76-80-86(91)85(84-90)89-87(92)81-77-73-69-65-61-57-53-49-46-42-39-37-35-33-31-29-27-25-24-26-28-30-32-34-36-38-40-43-47-51-55-59-63-67-71-75-79-83-94-88(93)82-78-74-70-66-62-58-54-50-44-22-20-18-16-14-12-10-8-6-4-2/h18,20,85-86,90-91H,3-17,19,21-84H2,1-2H3,(H,89,92)/b20-18-. The Morgan fingerprint density at radius 1 is 0.287 bits per heavy atom. The van der Waals surface area contributed by atoms with Crippen molar-refractivity contribution in [3.05, 3.63) is 12.2 Å². The van der Waals surface area contributed by atoms with Gasteiger partial charge >= 0.3 is 5.97 Å². The molecule has 1 amide bonds. The Morgan fingerprint density at radius 3 is 0.755 bits per heavy atom. The van der Waals surface area contributed by atoms with Gasteiger partial charge in [-0.1, -0.05) is 463 Å². The molecule has 0 radical (unpaired) electrons. The summed E-state index contributed by atoms with van der Waals surface area (Å²) in [6, 6.07) is -0.537. The molecule has 0 heterocycles. The van der Waals surface area contributed by atoms with E-state index in [9.17, 15) is 19.8 Å². The number of nitrogens with one attached hydrogen (secondary N) is 1. The van der Waals surface area contributed by atoms with Gasteiger partial charge in [0.05, 0.1) is 25.4 Å². The maximum absolute atomic E-state index is 12.6. The molecule has 0 aliphatic rings. The van der Waals surface area contributed by atoms with E-state index >= 15 is 0 Å². The van der Waals surface area contributed by atoms with Crippen LogP contribution in [0.4, 0.5) is 0 Å². The van der Waals surface area contributed by atoms with E-state index in [4.69, 9.17) is 4.74 Å². The van der Waals surface area contributed by atoms with Crippen LogP contribution in [-0.2, 0) is 14.3 Å². The molecule has 560 valence electrons. The Morgan fingerprint density at radius 2 is 0.500 bits per heavy atom. The van der Waals surface area contributed by atoms with E-state index in [1.807, 2.05) is 0 Å². The van der Waals surface area contributed by atoms with Gasteiger partial charge in [0.25, 0.3) is 0 Å². The van der Waals surface area contributed by atoms with Crippen molar-refractivity contribution in [2.75, 3.05) is 13.2 Å². The Kier molecular flexibility index (Phi) is 82.8. The van der Waals surface area contributed by atoms with E-state index in [0.717, 1.165) is 38.5 Å². The van der Waals surface area contributed by atoms with Gasteiger partial charge in [-0.3, -0.25) is 9.59 Å². The first-order valence-corrected chi connectivity index (χ1v) is 43.9. The summed E-state index contributed by atoms with van der Waals surface area (Å²) in [5.74, 6) is 0.00145. The predicted molar refractivity (Wildman–Crippen MR) is 417 cm³/mol. The third kappa shape index (κ3) is 79.6. The number of allylic oxidation sites excluding steroid dienone is 2. The van der Waals surface area contributed by atoms with Crippen molar-refractivity contribution in [1.29, 1.82) is 0 Å². The maximum Gasteiger partial charge on any atom is 0.305 e. The quantitative estimate of drug-likeness (QED) is 0.0320. The van der Waals surface area contributed by atoms with Crippen molar-refractivity contribution < 1.29 is 24.5 Å². The summed E-state index contributed by atoms with van der Waals surface area (Å²) in [4.78, 5) is 24.7. The van der Waals surface area contributed by atoms with Crippen molar-refractivity contribution in [2.45, 2.75) is 527 Å². The summed E-state index contributed by atoms with van der Waals surface area (Å²) in [6.07, 6.45) is 108. The van der Waals surface area contributed by atoms with E-state index in [1.54, 1.807) is 0 Å². The van der Waals surface area contributed by atoms with Crippen LogP contribution < -0.4 is 5.32 Å². The first-order chi connectivity index (χ1) is 46.5. The summed E-state index contributed by atoms with van der Waals surface area (Å²) in [7, 11) is 0. The van der Waals surface area contributed by atoms with Crippen LogP contribution in [-0.4, -0.2) is 47.4 Å². The van der Waals surface area contributed by atoms with Gasteiger partial charge in [-0.05, 0) is 51.4 Å². The first-order valence-electron chi connectivity index (χ1n) is 43.9. The number of amides is 1. The lowest BCUT2D eigenvalue weighted by molar-refractivity contribution is -0.143. The number of carbonyl (C=O) groups excluding carboxylic acids is 2. The van der Waals surface area contributed by atoms with Gasteiger partial charge in [-0.25, -0.2) is 0 Å². The first kappa shape index (κ1) is 92.6. The number of esters is 1. The van der Waals surface area contributed by atoms with E-state index in [0.29, 0.717) is 25.9 Å². The van der Waals surface area contributed by atoms with Gasteiger partial charge in [0.2, 0.25) is 5.91 Å². The highest BCUT2D eigenvalue weighted by atomic mass is 16.5. The number of carbonyl (C=O) groups is 2. The average Bonchev–Trinajstić information content (AvgIpc) is 3.66. The minimum atomic E-state index is -0.661. The Balaban J connectivity index is 3.29. The lowest BCUT2D eigenvalue weighted by atomic mass is 10.0. The SMILES string of the molecule is CCCCCCCC/C=C\CCCCCCCCCCCC(=O)OCCCCCCCCCCCCCCCCCCCCCCCCCCCCCCCCCCCCCCCC(=O)NC(CO)C(O)CCCCCCCCCCCCCCCCCCCCCCC. The number of aliphatic hydroxyl groups excluding tert-OH is 2. The third-order valence-electron chi connectivity index (χ3n) is 21.1. The van der Waals surface area contributed by atoms with Crippen LogP contribution in [0.5, 0.6) is 0 Å². The Hall–Kier alpha value is -1.40. The van der Waals surface area contributed by atoms with Crippen molar-refractivity contribution in [1.82, 2.24) is 5.32 Å². The van der Waals surface area contributed by atoms with E-state index in [-0.39, 0.29) is 18.5 Å². The summed E-state index contributed by atoms with van der Waals surface area (Å²) < 4.78 is 5.52. The van der Waals surface area contributed by atoms with E-state index < -0.39 is 12.1 Å². The second kappa shape index (κ2) is 84.0. The lowest BCUT2D eigenvalue weighted by Crippen LogP contribution is -2.45. The van der Waals surface area contributed by atoms with Gasteiger partial charge in [-0.2, -0.15) is 0 Å². The molecule has 0 aromatic rings. The number of rotatable bonds is 84. The second-order valence-corrected chi connectivity index (χ2v) is 30.6. The zero-order valence-electron chi connectivity index (χ0n) is 64.5. The van der Waals surface area contributed by atoms with Crippen LogP contribution in [0.1, 0.15) is 515 Å². The molecule has 6 heteroatoms. The van der Waals surface area contributed by atoms with E-state index in [2.05, 4.69) is 31.3 Å². The highest BCUT2D eigenvalue weighted by Gasteiger charge is 2.20. The number of ether oxygens (including phenoxy) is 1. The summed E-state index contributed by atoms with van der Waals surface area (Å²) in [5.41, 5.74) is 0. The van der Waals surface area contributed by atoms with Crippen molar-refractivity contribution in [2.24, 2.45) is 0 Å². The molecule has 0 bridgehead atoms. The van der Waals surface area contributed by atoms with Crippen molar-refractivity contribution in [3.63, 3.8) is 0 Å². The molecular weight excluding hydrogens is 1150 g/mol. The van der Waals surface area contributed by atoms with Crippen LogP contribution in [0.25, 0.3) is 0 Å². The molecule has 0 fully saturated rings. The molecule has 2 unspecified atom stereocenters. The smallest absolute Gasteiger partial charge is 0.305 e. The monoisotopic (exact) mass is 1320 g/mol. The Bertz CT molecular complexity index is 1430. The van der Waals surface area contributed by atoms with Crippen LogP contribution in [0.3, 0.4) is 0 Å². The number of hydrogen-bond donors (Lipinski definition) is 3. The molecule has 94 heavy (non-hydrogen) atoms. The van der Waals surface area contributed by atoms with Gasteiger partial charge in [-0.15, -0.1) is 0 Å². The lowest BCUT2D eigenvalue weighted by Gasteiger charge is -2.22. The average molecular weight is 1330 g/mol. The van der Waals surface area contributed by atoms with Gasteiger partial charge in [0.1, 0.15) is 0 Å². The molecule has 3 N–H and O–H groups in total. The minimum absolute atomic E-state index is 0.0230. The molecule has 6 nitrogen and oxygen atoms in total. The molecule has 0 rings (SSSR count). The molecule has 0 saturated carbocycles. The van der Waals surface area contributed by atoms with Crippen molar-refractivity contribution >= 4 is 11.9 Å². The van der Waals surface area contributed by atoms with Crippen LogP contribution in [0, 0.1) is 0 Å². The van der Waals surface area contributed by atoms with Crippen LogP contribution in [0.2, 0.25) is 0 Å². The highest BCUT2D eigenvalue weighted by Crippen LogP contribution is 2.21. The maximum atomic E-state index is 12.6. The Labute approximate surface area is 590 Å². The fourth-order valence-corrected chi connectivity index (χ4v) is 14.4. The molecule has 0 aliphatic heterocycles. The molecule has 0 aromatic heterocycles.